The summed E-state index contributed by atoms with van der Waals surface area (Å²) in [6, 6.07) is 21.1. The Bertz CT molecular complexity index is 1210. The molecular weight excluding hydrogens is 474 g/mol. The van der Waals surface area contributed by atoms with Gasteiger partial charge >= 0.3 is 6.09 Å². The lowest BCUT2D eigenvalue weighted by Gasteiger charge is -2.25. The van der Waals surface area contributed by atoms with Crippen molar-refractivity contribution in [3.63, 3.8) is 0 Å². The molecule has 0 aliphatic carbocycles. The van der Waals surface area contributed by atoms with E-state index in [9.17, 15) is 9.59 Å². The number of carbonyl (C=O) groups is 2. The number of carbonyl (C=O) groups excluding carboxylic acids is 2. The normalized spacial score (nSPS) is 12.5. The number of nitrogens with one attached hydrogen (secondary N) is 2. The first-order chi connectivity index (χ1) is 17.9. The maximum absolute atomic E-state index is 12.8. The van der Waals surface area contributed by atoms with Crippen molar-refractivity contribution in [2.75, 3.05) is 36.7 Å². The lowest BCUT2D eigenvalue weighted by Crippen LogP contribution is -2.27. The number of rotatable bonds is 11. The van der Waals surface area contributed by atoms with E-state index >= 15 is 0 Å². The first-order valence-corrected chi connectivity index (χ1v) is 11.6. The van der Waals surface area contributed by atoms with Gasteiger partial charge in [0.05, 0.1) is 18.0 Å². The number of anilines is 3. The predicted molar refractivity (Wildman–Crippen MR) is 142 cm³/mol. The number of hydrogen-bond acceptors (Lipinski definition) is 7. The van der Waals surface area contributed by atoms with Crippen molar-refractivity contribution in [3.8, 4) is 5.75 Å². The van der Waals surface area contributed by atoms with Crippen LogP contribution in [0.15, 0.2) is 84.9 Å². The summed E-state index contributed by atoms with van der Waals surface area (Å²) in [5.74, 6) is 0.0538. The molecule has 3 aromatic rings. The van der Waals surface area contributed by atoms with Crippen LogP contribution in [0.3, 0.4) is 0 Å². The van der Waals surface area contributed by atoms with Crippen LogP contribution in [-0.4, -0.2) is 43.5 Å². The van der Waals surface area contributed by atoms with Gasteiger partial charge in [-0.25, -0.2) is 4.79 Å². The van der Waals surface area contributed by atoms with Crippen LogP contribution in [0.2, 0.25) is 0 Å². The molecule has 194 valence electrons. The quantitative estimate of drug-likeness (QED) is 0.224. The van der Waals surface area contributed by atoms with Gasteiger partial charge in [0, 0.05) is 18.9 Å². The van der Waals surface area contributed by atoms with Crippen molar-refractivity contribution in [3.05, 3.63) is 96.1 Å². The summed E-state index contributed by atoms with van der Waals surface area (Å²) in [7, 11) is 1.45. The zero-order valence-electron chi connectivity index (χ0n) is 20.7. The molecular formula is C28H31N3O6. The third-order valence-corrected chi connectivity index (χ3v) is 5.31. The molecule has 37 heavy (non-hydrogen) atoms. The van der Waals surface area contributed by atoms with Crippen LogP contribution in [0.4, 0.5) is 21.9 Å². The van der Waals surface area contributed by atoms with E-state index in [2.05, 4.69) is 10.6 Å². The minimum atomic E-state index is -0.932. The van der Waals surface area contributed by atoms with Gasteiger partial charge in [-0.3, -0.25) is 10.1 Å². The highest BCUT2D eigenvalue weighted by Crippen LogP contribution is 2.28. The maximum Gasteiger partial charge on any atom is 0.412 e. The Labute approximate surface area is 215 Å². The summed E-state index contributed by atoms with van der Waals surface area (Å²) in [6.07, 6.45) is 0.336. The zero-order chi connectivity index (χ0) is 26.6. The van der Waals surface area contributed by atoms with Crippen LogP contribution in [0.25, 0.3) is 0 Å². The molecule has 0 unspecified atom stereocenters. The highest BCUT2D eigenvalue weighted by Gasteiger charge is 2.26. The molecule has 0 spiro atoms. The third-order valence-electron chi connectivity index (χ3n) is 5.31. The van der Waals surface area contributed by atoms with Crippen molar-refractivity contribution in [2.45, 2.75) is 19.1 Å². The minimum Gasteiger partial charge on any atom is -0.491 e. The summed E-state index contributed by atoms with van der Waals surface area (Å²) < 4.78 is 16.9. The van der Waals surface area contributed by atoms with Gasteiger partial charge in [-0.2, -0.15) is 0 Å². The molecule has 0 fully saturated rings. The van der Waals surface area contributed by atoms with E-state index in [-0.39, 0.29) is 13.2 Å². The Balaban J connectivity index is 1.82. The summed E-state index contributed by atoms with van der Waals surface area (Å²) in [4.78, 5) is 25.3. The third kappa shape index (κ3) is 8.38. The molecule has 2 amide bonds. The molecule has 0 saturated heterocycles. The van der Waals surface area contributed by atoms with Crippen LogP contribution in [0, 0.1) is 6.92 Å². The van der Waals surface area contributed by atoms with Crippen LogP contribution in [0.5, 0.6) is 5.75 Å². The molecule has 0 bridgehead atoms. The second kappa shape index (κ2) is 13.7. The van der Waals surface area contributed by atoms with E-state index in [1.165, 1.54) is 19.3 Å². The van der Waals surface area contributed by atoms with Crippen LogP contribution < -0.4 is 21.1 Å². The molecule has 5 N–H and O–H groups in total. The molecule has 3 aromatic carbocycles. The van der Waals surface area contributed by atoms with E-state index in [4.69, 9.17) is 25.1 Å². The number of nitrogens with two attached hydrogens (primary N) is 1. The van der Waals surface area contributed by atoms with Gasteiger partial charge in [0.1, 0.15) is 18.5 Å². The monoisotopic (exact) mass is 505 g/mol. The Morgan fingerprint density at radius 2 is 1.78 bits per heavy atom. The topological polar surface area (TPSA) is 132 Å². The second-order valence-corrected chi connectivity index (χ2v) is 8.10. The standard InChI is InChI=1S/C28H31N3O6/c1-19-10-12-21(13-11-19)30-28(34)37-27(20-6-5-7-22(18-20)36-17-16-32)25(35-2)14-15-26(33)31-24-9-4-3-8-23(24)29/h3-15,18,25,27,32H,16-17,29H2,1-2H3,(H,30,34)(H,31,33)/b15-14+/t25-,27-/m1/s1. The van der Waals surface area contributed by atoms with Crippen LogP contribution in [0.1, 0.15) is 17.2 Å². The minimum absolute atomic E-state index is 0.110. The number of para-hydroxylation sites is 2. The zero-order valence-corrected chi connectivity index (χ0v) is 20.7. The number of nitrogen functional groups attached to an aromatic ring is 1. The molecule has 0 aliphatic rings. The maximum atomic E-state index is 12.8. The number of methoxy groups -OCH3 is 1. The lowest BCUT2D eigenvalue weighted by atomic mass is 10.0. The number of aryl methyl sites for hydroxylation is 1. The molecule has 0 saturated carbocycles. The molecule has 3 rings (SSSR count). The smallest absolute Gasteiger partial charge is 0.412 e. The number of ether oxygens (including phenoxy) is 3. The summed E-state index contributed by atoms with van der Waals surface area (Å²) >= 11 is 0. The fraction of sp³-hybridized carbons (Fsp3) is 0.214. The van der Waals surface area contributed by atoms with E-state index in [0.717, 1.165) is 5.56 Å². The summed E-state index contributed by atoms with van der Waals surface area (Å²) in [5.41, 5.74) is 8.99. The Morgan fingerprint density at radius 3 is 2.49 bits per heavy atom. The number of hydrogen-bond donors (Lipinski definition) is 4. The highest BCUT2D eigenvalue weighted by molar-refractivity contribution is 6.01. The molecule has 0 aliphatic heterocycles. The molecule has 0 aromatic heterocycles. The summed E-state index contributed by atoms with van der Waals surface area (Å²) in [5, 5.41) is 14.5. The van der Waals surface area contributed by atoms with Gasteiger partial charge in [-0.15, -0.1) is 0 Å². The summed E-state index contributed by atoms with van der Waals surface area (Å²) in [6.45, 7) is 1.91. The van der Waals surface area contributed by atoms with E-state index in [0.29, 0.717) is 28.4 Å². The van der Waals surface area contributed by atoms with E-state index < -0.39 is 24.2 Å². The number of aliphatic hydroxyl groups excluding tert-OH is 1. The van der Waals surface area contributed by atoms with Crippen molar-refractivity contribution in [2.24, 2.45) is 0 Å². The Kier molecular flexibility index (Phi) is 10.1. The number of aliphatic hydroxyl groups is 1. The van der Waals surface area contributed by atoms with Gasteiger partial charge in [-0.1, -0.05) is 42.0 Å². The lowest BCUT2D eigenvalue weighted by molar-refractivity contribution is -0.112. The van der Waals surface area contributed by atoms with Crippen molar-refractivity contribution >= 4 is 29.1 Å². The first kappa shape index (κ1) is 27.3. The van der Waals surface area contributed by atoms with Crippen molar-refractivity contribution < 1.29 is 28.9 Å². The van der Waals surface area contributed by atoms with Gasteiger partial charge < -0.3 is 30.4 Å². The Hall–Kier alpha value is -4.34. The van der Waals surface area contributed by atoms with E-state index in [1.54, 1.807) is 60.7 Å². The first-order valence-electron chi connectivity index (χ1n) is 11.6. The molecule has 0 radical (unpaired) electrons. The van der Waals surface area contributed by atoms with Gasteiger partial charge in [-0.05, 0) is 55.0 Å². The fourth-order valence-electron chi connectivity index (χ4n) is 3.44. The van der Waals surface area contributed by atoms with Crippen molar-refractivity contribution in [1.82, 2.24) is 0 Å². The fourth-order valence-corrected chi connectivity index (χ4v) is 3.44. The number of amides is 2. The molecule has 9 nitrogen and oxygen atoms in total. The highest BCUT2D eigenvalue weighted by atomic mass is 16.6. The van der Waals surface area contributed by atoms with Gasteiger partial charge in [0.25, 0.3) is 0 Å². The average Bonchev–Trinajstić information content (AvgIpc) is 2.90. The number of benzene rings is 3. The largest absolute Gasteiger partial charge is 0.491 e. The second-order valence-electron chi connectivity index (χ2n) is 8.10. The Morgan fingerprint density at radius 1 is 1.03 bits per heavy atom. The predicted octanol–water partition coefficient (Wildman–Crippen LogP) is 4.45. The van der Waals surface area contributed by atoms with Gasteiger partial charge in [0.15, 0.2) is 6.10 Å². The van der Waals surface area contributed by atoms with Crippen molar-refractivity contribution in [1.29, 1.82) is 0 Å². The van der Waals surface area contributed by atoms with Gasteiger partial charge in [0.2, 0.25) is 5.91 Å². The SMILES string of the molecule is CO[C@H](/C=C/C(=O)Nc1ccccc1N)[C@H](OC(=O)Nc1ccc(C)cc1)c1cccc(OCCO)c1. The average molecular weight is 506 g/mol. The van der Waals surface area contributed by atoms with E-state index in [1.807, 2.05) is 19.1 Å². The molecule has 9 heteroatoms. The van der Waals surface area contributed by atoms with Crippen LogP contribution >= 0.6 is 0 Å². The molecule has 2 atom stereocenters. The molecule has 0 heterocycles. The van der Waals surface area contributed by atoms with Crippen LogP contribution in [-0.2, 0) is 14.3 Å².